The lowest BCUT2D eigenvalue weighted by molar-refractivity contribution is -0.138. The number of rotatable bonds is 1. The molecule has 2 nitrogen and oxygen atoms in total. The zero-order valence-corrected chi connectivity index (χ0v) is 12.6. The summed E-state index contributed by atoms with van der Waals surface area (Å²) in [4.78, 5) is 14.1. The number of likely N-dealkylation sites (tertiary alicyclic amines) is 1. The molecule has 20 heavy (non-hydrogen) atoms. The zero-order chi connectivity index (χ0) is 14.9. The Balaban J connectivity index is 2.25. The topological polar surface area (TPSA) is 20.3 Å². The van der Waals surface area contributed by atoms with Crippen LogP contribution in [0.3, 0.4) is 0 Å². The van der Waals surface area contributed by atoms with Gasteiger partial charge in [-0.15, -0.1) is 0 Å². The Morgan fingerprint density at radius 1 is 1.35 bits per heavy atom. The van der Waals surface area contributed by atoms with E-state index >= 15 is 0 Å². The predicted molar refractivity (Wildman–Crippen MR) is 73.5 cm³/mol. The SMILES string of the molecule is CC1CCCCN1C(=O)c1ccc(C(F)(F)F)c(Br)c1. The summed E-state index contributed by atoms with van der Waals surface area (Å²) in [6.07, 6.45) is -1.45. The number of halogens is 4. The van der Waals surface area contributed by atoms with Crippen molar-refractivity contribution in [3.8, 4) is 0 Å². The van der Waals surface area contributed by atoms with Crippen molar-refractivity contribution in [3.05, 3.63) is 33.8 Å². The molecule has 0 radical (unpaired) electrons. The van der Waals surface area contributed by atoms with Crippen LogP contribution in [0.1, 0.15) is 42.1 Å². The minimum atomic E-state index is -4.42. The van der Waals surface area contributed by atoms with Crippen LogP contribution in [0.5, 0.6) is 0 Å². The van der Waals surface area contributed by atoms with E-state index in [2.05, 4.69) is 15.9 Å². The Morgan fingerprint density at radius 3 is 2.60 bits per heavy atom. The van der Waals surface area contributed by atoms with Crippen molar-refractivity contribution in [1.29, 1.82) is 0 Å². The molecule has 2 rings (SSSR count). The van der Waals surface area contributed by atoms with Gasteiger partial charge in [0.15, 0.2) is 0 Å². The van der Waals surface area contributed by atoms with Gasteiger partial charge >= 0.3 is 6.18 Å². The molecule has 1 fully saturated rings. The van der Waals surface area contributed by atoms with E-state index in [-0.39, 0.29) is 16.4 Å². The standard InChI is InChI=1S/C14H15BrF3NO/c1-9-4-2-3-7-19(9)13(20)10-5-6-11(12(15)8-10)14(16,17)18/h5-6,8-9H,2-4,7H2,1H3. The predicted octanol–water partition coefficient (Wildman–Crippen LogP) is 4.48. The molecule has 0 spiro atoms. The van der Waals surface area contributed by atoms with Crippen LogP contribution in [-0.4, -0.2) is 23.4 Å². The lowest BCUT2D eigenvalue weighted by atomic mass is 10.0. The minimum absolute atomic E-state index is 0.0967. The summed E-state index contributed by atoms with van der Waals surface area (Å²) in [6, 6.07) is 3.59. The van der Waals surface area contributed by atoms with Gasteiger partial charge in [0, 0.05) is 22.6 Å². The third-order valence-electron chi connectivity index (χ3n) is 3.59. The zero-order valence-electron chi connectivity index (χ0n) is 11.0. The van der Waals surface area contributed by atoms with E-state index in [1.54, 1.807) is 4.90 Å². The molecule has 0 N–H and O–H groups in total. The number of hydrogen-bond acceptors (Lipinski definition) is 1. The van der Waals surface area contributed by atoms with E-state index < -0.39 is 11.7 Å². The summed E-state index contributed by atoms with van der Waals surface area (Å²) in [5.74, 6) is -0.202. The van der Waals surface area contributed by atoms with Crippen molar-refractivity contribution in [3.63, 3.8) is 0 Å². The molecule has 1 aromatic rings. The average molecular weight is 350 g/mol. The summed E-state index contributed by atoms with van der Waals surface area (Å²) in [5.41, 5.74) is -0.473. The van der Waals surface area contributed by atoms with Gasteiger partial charge in [0.05, 0.1) is 5.56 Å². The first kappa shape index (κ1) is 15.4. The molecule has 0 aromatic heterocycles. The van der Waals surface area contributed by atoms with Crippen LogP contribution in [0.25, 0.3) is 0 Å². The molecule has 1 aromatic carbocycles. The number of amides is 1. The van der Waals surface area contributed by atoms with Crippen molar-refractivity contribution >= 4 is 21.8 Å². The van der Waals surface area contributed by atoms with E-state index in [1.807, 2.05) is 6.92 Å². The average Bonchev–Trinajstić information content (AvgIpc) is 2.37. The monoisotopic (exact) mass is 349 g/mol. The first-order valence-corrected chi connectivity index (χ1v) is 7.27. The third kappa shape index (κ3) is 3.16. The van der Waals surface area contributed by atoms with Crippen molar-refractivity contribution in [1.82, 2.24) is 4.90 Å². The maximum absolute atomic E-state index is 12.7. The molecule has 1 heterocycles. The van der Waals surface area contributed by atoms with Crippen LogP contribution in [0, 0.1) is 0 Å². The van der Waals surface area contributed by atoms with Crippen molar-refractivity contribution in [2.75, 3.05) is 6.54 Å². The Kier molecular flexibility index (Phi) is 4.42. The summed E-state index contributed by atoms with van der Waals surface area (Å²) in [5, 5.41) is 0. The first-order valence-electron chi connectivity index (χ1n) is 6.48. The highest BCUT2D eigenvalue weighted by molar-refractivity contribution is 9.10. The highest BCUT2D eigenvalue weighted by atomic mass is 79.9. The third-order valence-corrected chi connectivity index (χ3v) is 4.24. The van der Waals surface area contributed by atoms with Crippen LogP contribution >= 0.6 is 15.9 Å². The second-order valence-corrected chi connectivity index (χ2v) is 5.89. The van der Waals surface area contributed by atoms with E-state index in [9.17, 15) is 18.0 Å². The van der Waals surface area contributed by atoms with E-state index in [0.717, 1.165) is 25.3 Å². The fourth-order valence-corrected chi connectivity index (χ4v) is 3.05. The molecule has 1 atom stereocenters. The second kappa shape index (κ2) is 5.76. The molecule has 110 valence electrons. The maximum atomic E-state index is 12.7. The molecule has 1 saturated heterocycles. The number of piperidine rings is 1. The van der Waals surface area contributed by atoms with Crippen molar-refractivity contribution < 1.29 is 18.0 Å². The van der Waals surface area contributed by atoms with E-state index in [0.29, 0.717) is 12.1 Å². The molecular formula is C14H15BrF3NO. The summed E-state index contributed by atoms with van der Waals surface area (Å²) >= 11 is 2.90. The number of nitrogens with zero attached hydrogens (tertiary/aromatic N) is 1. The van der Waals surface area contributed by atoms with Crippen LogP contribution < -0.4 is 0 Å². The largest absolute Gasteiger partial charge is 0.417 e. The second-order valence-electron chi connectivity index (χ2n) is 5.04. The Bertz CT molecular complexity index is 516. The normalized spacial score (nSPS) is 20.1. The molecule has 0 bridgehead atoms. The number of alkyl halides is 3. The van der Waals surface area contributed by atoms with Crippen molar-refractivity contribution in [2.45, 2.75) is 38.4 Å². The van der Waals surface area contributed by atoms with Crippen LogP contribution in [0.4, 0.5) is 13.2 Å². The lowest BCUT2D eigenvalue weighted by Crippen LogP contribution is -2.42. The summed E-state index contributed by atoms with van der Waals surface area (Å²) in [7, 11) is 0. The highest BCUT2D eigenvalue weighted by Gasteiger charge is 2.33. The van der Waals surface area contributed by atoms with Crippen LogP contribution in [0.2, 0.25) is 0 Å². The van der Waals surface area contributed by atoms with Gasteiger partial charge in [-0.2, -0.15) is 13.2 Å². The Hall–Kier alpha value is -1.04. The van der Waals surface area contributed by atoms with Crippen LogP contribution in [-0.2, 0) is 6.18 Å². The van der Waals surface area contributed by atoms with Crippen LogP contribution in [0.15, 0.2) is 22.7 Å². The Labute approximate surface area is 124 Å². The summed E-state index contributed by atoms with van der Waals surface area (Å²) in [6.45, 7) is 2.63. The number of hydrogen-bond donors (Lipinski definition) is 0. The molecule has 1 amide bonds. The molecular weight excluding hydrogens is 335 g/mol. The molecule has 1 unspecified atom stereocenters. The van der Waals surface area contributed by atoms with E-state index in [1.165, 1.54) is 12.1 Å². The first-order chi connectivity index (χ1) is 9.30. The smallest absolute Gasteiger partial charge is 0.336 e. The highest BCUT2D eigenvalue weighted by Crippen LogP contribution is 2.35. The fraction of sp³-hybridized carbons (Fsp3) is 0.500. The van der Waals surface area contributed by atoms with Gasteiger partial charge in [-0.1, -0.05) is 15.9 Å². The van der Waals surface area contributed by atoms with Gasteiger partial charge in [-0.3, -0.25) is 4.79 Å². The van der Waals surface area contributed by atoms with Gasteiger partial charge in [0.2, 0.25) is 0 Å². The van der Waals surface area contributed by atoms with E-state index in [4.69, 9.17) is 0 Å². The van der Waals surface area contributed by atoms with Gasteiger partial charge in [0.1, 0.15) is 0 Å². The quantitative estimate of drug-likeness (QED) is 0.731. The number of carbonyl (C=O) groups excluding carboxylic acids is 1. The van der Waals surface area contributed by atoms with Gasteiger partial charge in [-0.05, 0) is 44.4 Å². The van der Waals surface area contributed by atoms with Gasteiger partial charge in [-0.25, -0.2) is 0 Å². The molecule has 0 saturated carbocycles. The van der Waals surface area contributed by atoms with Gasteiger partial charge in [0.25, 0.3) is 5.91 Å². The fourth-order valence-electron chi connectivity index (χ4n) is 2.44. The van der Waals surface area contributed by atoms with Crippen molar-refractivity contribution in [2.24, 2.45) is 0 Å². The Morgan fingerprint density at radius 2 is 2.05 bits per heavy atom. The molecule has 1 aliphatic heterocycles. The summed E-state index contributed by atoms with van der Waals surface area (Å²) < 4.78 is 37.9. The molecule has 6 heteroatoms. The number of carbonyl (C=O) groups is 1. The minimum Gasteiger partial charge on any atom is -0.336 e. The maximum Gasteiger partial charge on any atom is 0.417 e. The number of benzene rings is 1. The lowest BCUT2D eigenvalue weighted by Gasteiger charge is -2.33. The molecule has 1 aliphatic rings. The molecule has 0 aliphatic carbocycles. The van der Waals surface area contributed by atoms with Gasteiger partial charge < -0.3 is 4.90 Å².